The van der Waals surface area contributed by atoms with Crippen molar-refractivity contribution in [2.24, 2.45) is 0 Å². The standard InChI is InChI=1S/C46H54ClN10O7P/c1-64-38-26-30(13-14-34(38)51-46-49-27-33(47)42(53-46)50-35-10-4-5-12-39(35)65(2,3)63)55-20-17-29(18-21-55)56-24-22-54(23-25-56)28-31(58)8-7-19-48-36-11-6-9-32-41(36)45(62)57(44(32)61)37-15-16-40(59)52-43(37)60/h4-6,9-14,26-27,29,37,48H,7-8,15-25,28H2,1-3H3,(H,52,59,60)(H2,49,50,51,53). The molecule has 1 aromatic heterocycles. The summed E-state index contributed by atoms with van der Waals surface area (Å²) < 4.78 is 18.7. The maximum atomic E-state index is 13.4. The second-order valence-electron chi connectivity index (χ2n) is 17.2. The van der Waals surface area contributed by atoms with Gasteiger partial charge in [-0.05, 0) is 75.4 Å². The summed E-state index contributed by atoms with van der Waals surface area (Å²) >= 11 is 6.48. The Morgan fingerprint density at radius 2 is 1.65 bits per heavy atom. The zero-order chi connectivity index (χ0) is 45.8. The molecule has 5 heterocycles. The van der Waals surface area contributed by atoms with Crippen LogP contribution in [-0.2, 0) is 18.9 Å². The second kappa shape index (κ2) is 19.7. The van der Waals surface area contributed by atoms with Gasteiger partial charge in [0.15, 0.2) is 5.82 Å². The van der Waals surface area contributed by atoms with E-state index >= 15 is 0 Å². The van der Waals surface area contributed by atoms with Crippen molar-refractivity contribution in [1.82, 2.24) is 30.0 Å². The van der Waals surface area contributed by atoms with Crippen molar-refractivity contribution in [1.29, 1.82) is 0 Å². The van der Waals surface area contributed by atoms with Crippen LogP contribution in [0.1, 0.15) is 59.2 Å². The van der Waals surface area contributed by atoms with Crippen molar-refractivity contribution in [2.45, 2.75) is 50.6 Å². The van der Waals surface area contributed by atoms with Crippen molar-refractivity contribution in [3.8, 4) is 5.75 Å². The summed E-state index contributed by atoms with van der Waals surface area (Å²) in [6.07, 6.45) is 4.65. The molecule has 3 fully saturated rings. The Bertz CT molecular complexity index is 2540. The fourth-order valence-corrected chi connectivity index (χ4v) is 10.4. The lowest BCUT2D eigenvalue weighted by molar-refractivity contribution is -0.136. The summed E-state index contributed by atoms with van der Waals surface area (Å²) in [5, 5.41) is 13.0. The molecule has 3 aromatic carbocycles. The fraction of sp³-hybridized carbons (Fsp3) is 0.413. The van der Waals surface area contributed by atoms with Gasteiger partial charge in [0.2, 0.25) is 17.8 Å². The van der Waals surface area contributed by atoms with E-state index in [1.807, 2.05) is 36.4 Å². The zero-order valence-corrected chi connectivity index (χ0v) is 38.4. The van der Waals surface area contributed by atoms with Crippen LogP contribution in [-0.4, -0.2) is 139 Å². The summed E-state index contributed by atoms with van der Waals surface area (Å²) in [7, 11) is -0.929. The molecule has 3 saturated heterocycles. The van der Waals surface area contributed by atoms with Crippen LogP contribution in [0.4, 0.5) is 34.5 Å². The van der Waals surface area contributed by atoms with E-state index in [0.29, 0.717) is 76.9 Å². The van der Waals surface area contributed by atoms with Gasteiger partial charge in [-0.25, -0.2) is 4.98 Å². The quantitative estimate of drug-likeness (QED) is 0.0639. The third-order valence-electron chi connectivity index (χ3n) is 12.5. The first-order valence-electron chi connectivity index (χ1n) is 22.0. The number of halogens is 1. The number of fused-ring (bicyclic) bond motifs is 1. The molecule has 4 N–H and O–H groups in total. The Kier molecular flexibility index (Phi) is 13.8. The zero-order valence-electron chi connectivity index (χ0n) is 36.8. The number of piperidine rings is 2. The van der Waals surface area contributed by atoms with Crippen LogP contribution in [0, 0.1) is 0 Å². The average Bonchev–Trinajstić information content (AvgIpc) is 3.55. The summed E-state index contributed by atoms with van der Waals surface area (Å²) in [4.78, 5) is 80.8. The minimum absolute atomic E-state index is 0.0563. The number of nitrogens with one attached hydrogen (secondary N) is 4. The number of amides is 4. The van der Waals surface area contributed by atoms with E-state index in [1.54, 1.807) is 38.6 Å². The fourth-order valence-electron chi connectivity index (χ4n) is 9.07. The number of ether oxygens (including phenoxy) is 1. The van der Waals surface area contributed by atoms with E-state index < -0.39 is 36.8 Å². The van der Waals surface area contributed by atoms with Gasteiger partial charge in [-0.2, -0.15) is 4.98 Å². The first-order valence-corrected chi connectivity index (χ1v) is 25.0. The summed E-state index contributed by atoms with van der Waals surface area (Å²) in [6.45, 7) is 9.55. The number of Topliss-reactive ketones (excluding diaryl/α,β-unsaturated/α-hetero) is 1. The van der Waals surface area contributed by atoms with Crippen LogP contribution >= 0.6 is 18.7 Å². The maximum absolute atomic E-state index is 13.4. The number of piperazine rings is 1. The minimum atomic E-state index is -2.56. The first kappa shape index (κ1) is 45.7. The molecule has 0 radical (unpaired) electrons. The van der Waals surface area contributed by atoms with Gasteiger partial charge >= 0.3 is 0 Å². The number of rotatable bonds is 16. The lowest BCUT2D eigenvalue weighted by atomic mass is 10.0. The first-order chi connectivity index (χ1) is 31.3. The molecule has 4 amide bonds. The SMILES string of the molecule is COc1cc(N2CCC(N3CCN(CC(=O)CCCNc4cccc5c4C(=O)N(C4CCC(=O)NC4=O)C5=O)CC3)CC2)ccc1Nc1ncc(Cl)c(Nc2ccccc2P(C)(C)=O)n1. The van der Waals surface area contributed by atoms with E-state index in [-0.39, 0.29) is 29.8 Å². The highest BCUT2D eigenvalue weighted by molar-refractivity contribution is 7.70. The minimum Gasteiger partial charge on any atom is -0.494 e. The number of imide groups is 2. The lowest BCUT2D eigenvalue weighted by Crippen LogP contribution is -2.54. The Labute approximate surface area is 383 Å². The van der Waals surface area contributed by atoms with Gasteiger partial charge in [-0.1, -0.05) is 29.8 Å². The Morgan fingerprint density at radius 1 is 0.892 bits per heavy atom. The molecule has 4 aliphatic heterocycles. The van der Waals surface area contributed by atoms with Crippen molar-refractivity contribution in [3.63, 3.8) is 0 Å². The second-order valence-corrected chi connectivity index (χ2v) is 20.8. The Balaban J connectivity index is 0.765. The summed E-state index contributed by atoms with van der Waals surface area (Å²) in [5.41, 5.74) is 3.35. The van der Waals surface area contributed by atoms with Crippen LogP contribution in [0.2, 0.25) is 5.02 Å². The van der Waals surface area contributed by atoms with Crippen molar-refractivity contribution in [2.75, 3.05) is 93.6 Å². The third kappa shape index (κ3) is 10.3. The van der Waals surface area contributed by atoms with E-state index in [2.05, 4.69) is 52.0 Å². The highest BCUT2D eigenvalue weighted by atomic mass is 35.5. The van der Waals surface area contributed by atoms with Crippen molar-refractivity contribution < 1.29 is 33.3 Å². The number of methoxy groups -OCH3 is 1. The lowest BCUT2D eigenvalue weighted by Gasteiger charge is -2.43. The number of nitrogens with zero attached hydrogens (tertiary/aromatic N) is 6. The molecule has 65 heavy (non-hydrogen) atoms. The molecular formula is C46H54ClN10O7P. The molecule has 17 nitrogen and oxygen atoms in total. The number of aromatic nitrogens is 2. The van der Waals surface area contributed by atoms with Crippen LogP contribution in [0.5, 0.6) is 5.75 Å². The van der Waals surface area contributed by atoms with Crippen LogP contribution in [0.15, 0.2) is 66.9 Å². The molecule has 1 unspecified atom stereocenters. The van der Waals surface area contributed by atoms with Gasteiger partial charge in [-0.3, -0.25) is 44.0 Å². The smallest absolute Gasteiger partial charge is 0.264 e. The third-order valence-corrected chi connectivity index (χ3v) is 14.3. The molecule has 0 bridgehead atoms. The number of hydrogen-bond acceptors (Lipinski definition) is 15. The van der Waals surface area contributed by atoms with Crippen LogP contribution in [0.3, 0.4) is 0 Å². The monoisotopic (exact) mass is 924 g/mol. The number of anilines is 6. The van der Waals surface area contributed by atoms with E-state index in [9.17, 15) is 28.5 Å². The average molecular weight is 925 g/mol. The molecule has 4 aliphatic rings. The van der Waals surface area contributed by atoms with Gasteiger partial charge in [0.1, 0.15) is 29.7 Å². The van der Waals surface area contributed by atoms with Gasteiger partial charge < -0.3 is 30.2 Å². The Hall–Kier alpha value is -5.87. The van der Waals surface area contributed by atoms with Crippen molar-refractivity contribution in [3.05, 3.63) is 83.0 Å². The summed E-state index contributed by atoms with van der Waals surface area (Å²) in [6, 6.07) is 17.9. The number of carbonyl (C=O) groups excluding carboxylic acids is 5. The van der Waals surface area contributed by atoms with Gasteiger partial charge in [0.25, 0.3) is 11.8 Å². The number of ketones is 1. The molecule has 8 rings (SSSR count). The number of hydrogen-bond donors (Lipinski definition) is 4. The molecular weight excluding hydrogens is 871 g/mol. The number of benzene rings is 3. The highest BCUT2D eigenvalue weighted by Gasteiger charge is 2.45. The van der Waals surface area contributed by atoms with Gasteiger partial charge in [0.05, 0.1) is 42.4 Å². The van der Waals surface area contributed by atoms with E-state index in [1.165, 1.54) is 6.20 Å². The highest BCUT2D eigenvalue weighted by Crippen LogP contribution is 2.39. The number of carbonyl (C=O) groups is 5. The number of para-hydroxylation sites is 1. The molecule has 0 spiro atoms. The predicted octanol–water partition coefficient (Wildman–Crippen LogP) is 5.32. The molecule has 0 saturated carbocycles. The topological polar surface area (TPSA) is 199 Å². The maximum Gasteiger partial charge on any atom is 0.264 e. The van der Waals surface area contributed by atoms with Crippen LogP contribution < -0.4 is 36.2 Å². The van der Waals surface area contributed by atoms with Crippen LogP contribution in [0.25, 0.3) is 0 Å². The normalized spacial score (nSPS) is 18.7. The molecule has 1 atom stereocenters. The van der Waals surface area contributed by atoms with E-state index in [0.717, 1.165) is 62.7 Å². The van der Waals surface area contributed by atoms with Gasteiger partial charge in [0, 0.05) is 87.4 Å². The van der Waals surface area contributed by atoms with Gasteiger partial charge in [-0.15, -0.1) is 0 Å². The molecule has 4 aromatic rings. The van der Waals surface area contributed by atoms with Crippen molar-refractivity contribution >= 4 is 88.0 Å². The summed E-state index contributed by atoms with van der Waals surface area (Å²) in [5.74, 6) is -0.667. The molecule has 342 valence electrons. The van der Waals surface area contributed by atoms with E-state index in [4.69, 9.17) is 16.3 Å². The molecule has 19 heteroatoms. The largest absolute Gasteiger partial charge is 0.494 e. The predicted molar refractivity (Wildman–Crippen MR) is 251 cm³/mol. The Morgan fingerprint density at radius 3 is 2.38 bits per heavy atom. The molecule has 0 aliphatic carbocycles.